The summed E-state index contributed by atoms with van der Waals surface area (Å²) in [7, 11) is 1.67. The summed E-state index contributed by atoms with van der Waals surface area (Å²) in [4.78, 5) is 14.5. The summed E-state index contributed by atoms with van der Waals surface area (Å²) in [6.45, 7) is 4.38. The highest BCUT2D eigenvalue weighted by atomic mass is 16.5. The van der Waals surface area contributed by atoms with Gasteiger partial charge in [-0.25, -0.2) is 4.79 Å². The molecule has 2 aromatic carbocycles. The fraction of sp³-hybridized carbons (Fsp3) is 0.381. The molecule has 1 atom stereocenters. The van der Waals surface area contributed by atoms with Crippen LogP contribution in [-0.2, 0) is 17.9 Å². The van der Waals surface area contributed by atoms with Crippen LogP contribution in [0.15, 0.2) is 54.6 Å². The Balaban J connectivity index is 1.38. The van der Waals surface area contributed by atoms with Crippen LogP contribution in [-0.4, -0.2) is 37.7 Å². The Morgan fingerprint density at radius 1 is 1.12 bits per heavy atom. The summed E-state index contributed by atoms with van der Waals surface area (Å²) in [5, 5.41) is 5.88. The predicted octanol–water partition coefficient (Wildman–Crippen LogP) is 3.48. The number of urea groups is 1. The maximum atomic E-state index is 12.1. The molecule has 1 fully saturated rings. The Morgan fingerprint density at radius 3 is 2.62 bits per heavy atom. The van der Waals surface area contributed by atoms with Crippen molar-refractivity contribution in [3.63, 3.8) is 0 Å². The monoisotopic (exact) mass is 353 g/mol. The van der Waals surface area contributed by atoms with Crippen molar-refractivity contribution in [1.82, 2.24) is 10.2 Å². The van der Waals surface area contributed by atoms with Gasteiger partial charge >= 0.3 is 6.03 Å². The quantitative estimate of drug-likeness (QED) is 0.801. The van der Waals surface area contributed by atoms with Gasteiger partial charge in [-0.05, 0) is 42.1 Å². The second-order valence-electron chi connectivity index (χ2n) is 6.84. The summed E-state index contributed by atoms with van der Waals surface area (Å²) in [6, 6.07) is 18.1. The van der Waals surface area contributed by atoms with E-state index in [0.717, 1.165) is 37.3 Å². The number of nitrogens with one attached hydrogen (secondary N) is 2. The van der Waals surface area contributed by atoms with Gasteiger partial charge in [-0.3, -0.25) is 4.90 Å². The van der Waals surface area contributed by atoms with Crippen LogP contribution in [0.2, 0.25) is 0 Å². The molecule has 26 heavy (non-hydrogen) atoms. The molecule has 3 rings (SSSR count). The number of ether oxygens (including phenoxy) is 1. The summed E-state index contributed by atoms with van der Waals surface area (Å²) in [5.41, 5.74) is 3.22. The number of rotatable bonds is 7. The van der Waals surface area contributed by atoms with Crippen molar-refractivity contribution in [3.8, 4) is 0 Å². The van der Waals surface area contributed by atoms with Gasteiger partial charge < -0.3 is 15.4 Å². The number of amides is 2. The Hall–Kier alpha value is -2.37. The molecule has 0 radical (unpaired) electrons. The second-order valence-corrected chi connectivity index (χ2v) is 6.84. The smallest absolute Gasteiger partial charge is 0.319 e. The lowest BCUT2D eigenvalue weighted by Crippen LogP contribution is -2.34. The van der Waals surface area contributed by atoms with Gasteiger partial charge in [-0.2, -0.15) is 0 Å². The Labute approximate surface area is 155 Å². The number of methoxy groups -OCH3 is 1. The standard InChI is InChI=1S/C21H27N3O2/c1-26-16-18-7-9-20(10-8-18)23-21(25)22-13-19-11-12-24(15-19)14-17-5-3-2-4-6-17/h2-10,19H,11-16H2,1H3,(H2,22,23,25)/t19-/m1/s1. The third-order valence-electron chi connectivity index (χ3n) is 4.69. The molecule has 2 amide bonds. The van der Waals surface area contributed by atoms with E-state index >= 15 is 0 Å². The van der Waals surface area contributed by atoms with Gasteiger partial charge in [0.25, 0.3) is 0 Å². The van der Waals surface area contributed by atoms with E-state index in [4.69, 9.17) is 4.74 Å². The van der Waals surface area contributed by atoms with Gasteiger partial charge in [0.05, 0.1) is 6.61 Å². The molecular formula is C21H27N3O2. The number of hydrogen-bond donors (Lipinski definition) is 2. The third kappa shape index (κ3) is 5.58. The van der Waals surface area contributed by atoms with Crippen molar-refractivity contribution in [1.29, 1.82) is 0 Å². The Morgan fingerprint density at radius 2 is 1.88 bits per heavy atom. The van der Waals surface area contributed by atoms with E-state index in [1.807, 2.05) is 30.3 Å². The molecule has 2 N–H and O–H groups in total. The van der Waals surface area contributed by atoms with Crippen molar-refractivity contribution < 1.29 is 9.53 Å². The largest absolute Gasteiger partial charge is 0.380 e. The van der Waals surface area contributed by atoms with Crippen LogP contribution in [0.5, 0.6) is 0 Å². The minimum Gasteiger partial charge on any atom is -0.380 e. The van der Waals surface area contributed by atoms with E-state index in [0.29, 0.717) is 19.1 Å². The molecule has 138 valence electrons. The number of anilines is 1. The minimum absolute atomic E-state index is 0.147. The first-order chi connectivity index (χ1) is 12.7. The average molecular weight is 353 g/mol. The molecule has 1 aliphatic heterocycles. The summed E-state index contributed by atoms with van der Waals surface area (Å²) < 4.78 is 5.09. The normalized spacial score (nSPS) is 17.2. The van der Waals surface area contributed by atoms with E-state index in [1.54, 1.807) is 7.11 Å². The molecule has 0 aliphatic carbocycles. The van der Waals surface area contributed by atoms with Gasteiger partial charge in [0.15, 0.2) is 0 Å². The van der Waals surface area contributed by atoms with Crippen molar-refractivity contribution in [2.24, 2.45) is 5.92 Å². The Kier molecular flexibility index (Phi) is 6.63. The van der Waals surface area contributed by atoms with E-state index in [-0.39, 0.29) is 6.03 Å². The van der Waals surface area contributed by atoms with Crippen LogP contribution in [0.25, 0.3) is 0 Å². The molecule has 1 heterocycles. The first kappa shape index (κ1) is 18.4. The molecule has 0 spiro atoms. The molecule has 5 nitrogen and oxygen atoms in total. The topological polar surface area (TPSA) is 53.6 Å². The van der Waals surface area contributed by atoms with Crippen LogP contribution >= 0.6 is 0 Å². The molecule has 0 bridgehead atoms. The third-order valence-corrected chi connectivity index (χ3v) is 4.69. The zero-order chi connectivity index (χ0) is 18.2. The molecule has 1 saturated heterocycles. The van der Waals surface area contributed by atoms with Gasteiger partial charge in [-0.15, -0.1) is 0 Å². The molecule has 1 aliphatic rings. The van der Waals surface area contributed by atoms with Crippen LogP contribution in [0.3, 0.4) is 0 Å². The van der Waals surface area contributed by atoms with Crippen molar-refractivity contribution in [3.05, 3.63) is 65.7 Å². The maximum Gasteiger partial charge on any atom is 0.319 e. The fourth-order valence-electron chi connectivity index (χ4n) is 3.33. The molecule has 0 saturated carbocycles. The number of carbonyl (C=O) groups excluding carboxylic acids is 1. The number of nitrogens with zero attached hydrogens (tertiary/aromatic N) is 1. The zero-order valence-corrected chi connectivity index (χ0v) is 15.3. The van der Waals surface area contributed by atoms with E-state index < -0.39 is 0 Å². The molecule has 5 heteroatoms. The van der Waals surface area contributed by atoms with Gasteiger partial charge in [0.1, 0.15) is 0 Å². The van der Waals surface area contributed by atoms with Gasteiger partial charge in [-0.1, -0.05) is 42.5 Å². The molecule has 0 aromatic heterocycles. The van der Waals surface area contributed by atoms with Crippen LogP contribution in [0.4, 0.5) is 10.5 Å². The fourth-order valence-corrected chi connectivity index (χ4v) is 3.33. The lowest BCUT2D eigenvalue weighted by atomic mass is 10.1. The Bertz CT molecular complexity index is 688. The number of hydrogen-bond acceptors (Lipinski definition) is 3. The lowest BCUT2D eigenvalue weighted by Gasteiger charge is -2.16. The van der Waals surface area contributed by atoms with Gasteiger partial charge in [0.2, 0.25) is 0 Å². The van der Waals surface area contributed by atoms with E-state index in [9.17, 15) is 4.79 Å². The summed E-state index contributed by atoms with van der Waals surface area (Å²) >= 11 is 0. The second kappa shape index (κ2) is 9.36. The highest BCUT2D eigenvalue weighted by Gasteiger charge is 2.22. The molecule has 0 unspecified atom stereocenters. The van der Waals surface area contributed by atoms with Gasteiger partial charge in [0, 0.05) is 32.4 Å². The van der Waals surface area contributed by atoms with Crippen molar-refractivity contribution >= 4 is 11.7 Å². The molecular weight excluding hydrogens is 326 g/mol. The first-order valence-corrected chi connectivity index (χ1v) is 9.12. The van der Waals surface area contributed by atoms with E-state index in [1.165, 1.54) is 5.56 Å². The average Bonchev–Trinajstić information content (AvgIpc) is 3.10. The predicted molar refractivity (Wildman–Crippen MR) is 104 cm³/mol. The summed E-state index contributed by atoms with van der Waals surface area (Å²) in [5.74, 6) is 0.508. The van der Waals surface area contributed by atoms with Crippen molar-refractivity contribution in [2.45, 2.75) is 19.6 Å². The number of carbonyl (C=O) groups is 1. The SMILES string of the molecule is COCc1ccc(NC(=O)NC[C@H]2CCN(Cc3ccccc3)C2)cc1. The number of benzene rings is 2. The van der Waals surface area contributed by atoms with Crippen molar-refractivity contribution in [2.75, 3.05) is 32.1 Å². The van der Waals surface area contributed by atoms with Crippen LogP contribution < -0.4 is 10.6 Å². The van der Waals surface area contributed by atoms with E-state index in [2.05, 4.69) is 39.8 Å². The molecule has 2 aromatic rings. The van der Waals surface area contributed by atoms with Crippen LogP contribution in [0.1, 0.15) is 17.5 Å². The minimum atomic E-state index is -0.147. The first-order valence-electron chi connectivity index (χ1n) is 9.12. The summed E-state index contributed by atoms with van der Waals surface area (Å²) in [6.07, 6.45) is 1.12. The van der Waals surface area contributed by atoms with Crippen LogP contribution in [0, 0.1) is 5.92 Å². The number of likely N-dealkylation sites (tertiary alicyclic amines) is 1. The lowest BCUT2D eigenvalue weighted by molar-refractivity contribution is 0.185. The highest BCUT2D eigenvalue weighted by Crippen LogP contribution is 2.18. The highest BCUT2D eigenvalue weighted by molar-refractivity contribution is 5.89. The zero-order valence-electron chi connectivity index (χ0n) is 15.3. The maximum absolute atomic E-state index is 12.1.